The molecule has 1 aromatic carbocycles. The van der Waals surface area contributed by atoms with E-state index in [1.165, 1.54) is 31.9 Å². The zero-order chi connectivity index (χ0) is 15.7. The predicted molar refractivity (Wildman–Crippen MR) is 86.9 cm³/mol. The molecule has 0 bridgehead atoms. The summed E-state index contributed by atoms with van der Waals surface area (Å²) >= 11 is 0. The van der Waals surface area contributed by atoms with Crippen molar-refractivity contribution >= 4 is 0 Å². The molecule has 0 aliphatic carbocycles. The van der Waals surface area contributed by atoms with Crippen molar-refractivity contribution in [2.75, 3.05) is 7.11 Å². The number of ether oxygens (including phenoxy) is 2. The lowest BCUT2D eigenvalue weighted by Crippen LogP contribution is -2.23. The molecule has 0 amide bonds. The molecular formula is C18H28O3. The predicted octanol–water partition coefficient (Wildman–Crippen LogP) is 4.70. The van der Waals surface area contributed by atoms with E-state index in [0.29, 0.717) is 18.0 Å². The van der Waals surface area contributed by atoms with Crippen LogP contribution >= 0.6 is 0 Å². The molecule has 0 saturated heterocycles. The summed E-state index contributed by atoms with van der Waals surface area (Å²) in [6, 6.07) is 6.84. The smallest absolute Gasteiger partial charge is 0.160 e. The van der Waals surface area contributed by atoms with E-state index < -0.39 is 0 Å². The first-order chi connectivity index (χ1) is 10.1. The Morgan fingerprint density at radius 1 is 1.33 bits per heavy atom. The molecule has 2 unspecified atom stereocenters. The SMILES string of the molecule is CCCCC1CC(C)=CC(C)O1.COc1ccccc1O. The van der Waals surface area contributed by atoms with E-state index in [1.54, 1.807) is 24.3 Å². The van der Waals surface area contributed by atoms with Crippen molar-refractivity contribution in [2.24, 2.45) is 0 Å². The van der Waals surface area contributed by atoms with Crippen molar-refractivity contribution in [1.29, 1.82) is 0 Å². The number of phenols is 1. The second-order valence-electron chi connectivity index (χ2n) is 5.49. The molecule has 1 aliphatic rings. The Bertz CT molecular complexity index is 440. The van der Waals surface area contributed by atoms with Crippen LogP contribution in [0.15, 0.2) is 35.9 Å². The molecule has 0 fully saturated rings. The minimum Gasteiger partial charge on any atom is -0.504 e. The molecule has 1 N–H and O–H groups in total. The Hall–Kier alpha value is -1.48. The van der Waals surface area contributed by atoms with Crippen LogP contribution in [0.5, 0.6) is 11.5 Å². The molecule has 0 aromatic heterocycles. The van der Waals surface area contributed by atoms with Crippen LogP contribution in [-0.4, -0.2) is 24.4 Å². The lowest BCUT2D eigenvalue weighted by molar-refractivity contribution is 0.00679. The fourth-order valence-electron chi connectivity index (χ4n) is 2.45. The Balaban J connectivity index is 0.000000219. The molecule has 0 radical (unpaired) electrons. The van der Waals surface area contributed by atoms with Crippen molar-refractivity contribution in [3.05, 3.63) is 35.9 Å². The molecule has 2 rings (SSSR count). The highest BCUT2D eigenvalue weighted by Gasteiger charge is 2.17. The standard InChI is InChI=1S/C11H20O.C7H8O2/c1-4-5-6-11-8-9(2)7-10(3)12-11;1-9-7-5-3-2-4-6(7)8/h7,10-11H,4-6,8H2,1-3H3;2-5,8H,1H3. The molecule has 0 spiro atoms. The Morgan fingerprint density at radius 3 is 2.57 bits per heavy atom. The van der Waals surface area contributed by atoms with Crippen LogP contribution in [0.25, 0.3) is 0 Å². The van der Waals surface area contributed by atoms with Gasteiger partial charge in [-0.15, -0.1) is 0 Å². The zero-order valence-electron chi connectivity index (χ0n) is 13.6. The number of phenolic OH excluding ortho intramolecular Hbond substituents is 1. The van der Waals surface area contributed by atoms with E-state index in [0.717, 1.165) is 6.42 Å². The summed E-state index contributed by atoms with van der Waals surface area (Å²) in [6.07, 6.45) is 7.99. The first-order valence-electron chi connectivity index (χ1n) is 7.71. The van der Waals surface area contributed by atoms with E-state index in [4.69, 9.17) is 14.6 Å². The Kier molecular flexibility index (Phi) is 7.91. The minimum absolute atomic E-state index is 0.181. The van der Waals surface area contributed by atoms with Gasteiger partial charge in [-0.3, -0.25) is 0 Å². The Labute approximate surface area is 128 Å². The molecule has 3 nitrogen and oxygen atoms in total. The number of para-hydroxylation sites is 2. The van der Waals surface area contributed by atoms with Gasteiger partial charge in [-0.1, -0.05) is 43.5 Å². The number of hydrogen-bond acceptors (Lipinski definition) is 3. The van der Waals surface area contributed by atoms with Gasteiger partial charge in [0.1, 0.15) is 0 Å². The van der Waals surface area contributed by atoms with E-state index in [9.17, 15) is 0 Å². The lowest BCUT2D eigenvalue weighted by Gasteiger charge is -2.26. The Morgan fingerprint density at radius 2 is 2.05 bits per heavy atom. The molecule has 21 heavy (non-hydrogen) atoms. The van der Waals surface area contributed by atoms with Crippen LogP contribution < -0.4 is 4.74 Å². The summed E-state index contributed by atoms with van der Waals surface area (Å²) in [5.41, 5.74) is 1.50. The van der Waals surface area contributed by atoms with E-state index in [1.807, 2.05) is 0 Å². The van der Waals surface area contributed by atoms with Gasteiger partial charge in [-0.05, 0) is 38.8 Å². The first kappa shape index (κ1) is 17.6. The third kappa shape index (κ3) is 6.67. The van der Waals surface area contributed by atoms with Crippen LogP contribution in [0.2, 0.25) is 0 Å². The summed E-state index contributed by atoms with van der Waals surface area (Å²) < 4.78 is 10.6. The number of methoxy groups -OCH3 is 1. The largest absolute Gasteiger partial charge is 0.504 e. The highest BCUT2D eigenvalue weighted by Crippen LogP contribution is 2.23. The number of aromatic hydroxyl groups is 1. The second-order valence-corrected chi connectivity index (χ2v) is 5.49. The van der Waals surface area contributed by atoms with Crippen LogP contribution in [0.3, 0.4) is 0 Å². The van der Waals surface area contributed by atoms with Gasteiger partial charge < -0.3 is 14.6 Å². The zero-order valence-corrected chi connectivity index (χ0v) is 13.6. The molecular weight excluding hydrogens is 264 g/mol. The maximum Gasteiger partial charge on any atom is 0.160 e. The monoisotopic (exact) mass is 292 g/mol. The van der Waals surface area contributed by atoms with Crippen LogP contribution in [0.1, 0.15) is 46.5 Å². The van der Waals surface area contributed by atoms with Crippen molar-refractivity contribution in [3.8, 4) is 11.5 Å². The number of benzene rings is 1. The van der Waals surface area contributed by atoms with Gasteiger partial charge >= 0.3 is 0 Å². The van der Waals surface area contributed by atoms with Crippen LogP contribution in [-0.2, 0) is 4.74 Å². The number of rotatable bonds is 4. The lowest BCUT2D eigenvalue weighted by atomic mass is 10.0. The number of hydrogen-bond donors (Lipinski definition) is 1. The van der Waals surface area contributed by atoms with Gasteiger partial charge in [0.05, 0.1) is 19.3 Å². The summed E-state index contributed by atoms with van der Waals surface area (Å²) in [7, 11) is 1.52. The molecule has 2 atom stereocenters. The maximum absolute atomic E-state index is 8.99. The number of unbranched alkanes of at least 4 members (excludes halogenated alkanes) is 1. The van der Waals surface area contributed by atoms with Gasteiger partial charge in [0, 0.05) is 0 Å². The molecule has 1 aliphatic heterocycles. The molecule has 3 heteroatoms. The molecule has 0 saturated carbocycles. The fourth-order valence-corrected chi connectivity index (χ4v) is 2.45. The van der Waals surface area contributed by atoms with Gasteiger partial charge in [-0.25, -0.2) is 0 Å². The minimum atomic E-state index is 0.181. The van der Waals surface area contributed by atoms with Crippen molar-refractivity contribution in [1.82, 2.24) is 0 Å². The van der Waals surface area contributed by atoms with E-state index in [-0.39, 0.29) is 5.75 Å². The normalized spacial score (nSPS) is 21.0. The van der Waals surface area contributed by atoms with Gasteiger partial charge in [0.15, 0.2) is 11.5 Å². The van der Waals surface area contributed by atoms with Gasteiger partial charge in [0.25, 0.3) is 0 Å². The van der Waals surface area contributed by atoms with Crippen LogP contribution in [0, 0.1) is 0 Å². The van der Waals surface area contributed by atoms with E-state index in [2.05, 4.69) is 26.8 Å². The average Bonchev–Trinajstić information content (AvgIpc) is 2.45. The van der Waals surface area contributed by atoms with Crippen molar-refractivity contribution < 1.29 is 14.6 Å². The molecule has 118 valence electrons. The average molecular weight is 292 g/mol. The summed E-state index contributed by atoms with van der Waals surface area (Å²) in [6.45, 7) is 6.56. The highest BCUT2D eigenvalue weighted by molar-refractivity contribution is 5.37. The second kappa shape index (κ2) is 9.46. The summed E-state index contributed by atoms with van der Waals surface area (Å²) in [5, 5.41) is 8.99. The maximum atomic E-state index is 8.99. The van der Waals surface area contributed by atoms with Gasteiger partial charge in [0.2, 0.25) is 0 Å². The third-order valence-corrected chi connectivity index (χ3v) is 3.44. The van der Waals surface area contributed by atoms with Crippen LogP contribution in [0.4, 0.5) is 0 Å². The topological polar surface area (TPSA) is 38.7 Å². The van der Waals surface area contributed by atoms with Gasteiger partial charge in [-0.2, -0.15) is 0 Å². The fraction of sp³-hybridized carbons (Fsp3) is 0.556. The van der Waals surface area contributed by atoms with Crippen molar-refractivity contribution in [2.45, 2.75) is 58.7 Å². The molecule has 1 heterocycles. The highest BCUT2D eigenvalue weighted by atomic mass is 16.5. The molecule has 1 aromatic rings. The van der Waals surface area contributed by atoms with Crippen molar-refractivity contribution in [3.63, 3.8) is 0 Å². The third-order valence-electron chi connectivity index (χ3n) is 3.44. The summed E-state index contributed by atoms with van der Waals surface area (Å²) in [5.74, 6) is 0.692. The quantitative estimate of drug-likeness (QED) is 0.817. The summed E-state index contributed by atoms with van der Waals surface area (Å²) in [4.78, 5) is 0. The first-order valence-corrected chi connectivity index (χ1v) is 7.71. The van der Waals surface area contributed by atoms with E-state index >= 15 is 0 Å².